The molecular formula is C25H24N2O3S2. The van der Waals surface area contributed by atoms with Crippen LogP contribution in [0.25, 0.3) is 10.1 Å². The van der Waals surface area contributed by atoms with Crippen LogP contribution in [0.5, 0.6) is 0 Å². The van der Waals surface area contributed by atoms with Gasteiger partial charge in [-0.3, -0.25) is 9.10 Å². The molecule has 3 aromatic carbocycles. The van der Waals surface area contributed by atoms with E-state index in [4.69, 9.17) is 0 Å². The summed E-state index contributed by atoms with van der Waals surface area (Å²) in [5.74, 6) is -0.179. The van der Waals surface area contributed by atoms with Crippen LogP contribution in [0, 0.1) is 13.8 Å². The highest BCUT2D eigenvalue weighted by atomic mass is 32.2. The first-order chi connectivity index (χ1) is 15.2. The van der Waals surface area contributed by atoms with Crippen LogP contribution in [0.4, 0.5) is 11.4 Å². The molecule has 4 aromatic rings. The van der Waals surface area contributed by atoms with Crippen molar-refractivity contribution in [3.05, 3.63) is 94.4 Å². The van der Waals surface area contributed by atoms with Crippen molar-refractivity contribution < 1.29 is 13.2 Å². The van der Waals surface area contributed by atoms with Crippen LogP contribution in [-0.2, 0) is 16.6 Å². The average Bonchev–Trinajstić information content (AvgIpc) is 3.17. The predicted molar refractivity (Wildman–Crippen MR) is 133 cm³/mol. The number of carbonyl (C=O) groups excluding carboxylic acids is 1. The Bertz CT molecular complexity index is 1390. The maximum atomic E-state index is 12.8. The molecule has 1 amide bonds. The fraction of sp³-hybridized carbons (Fsp3) is 0.160. The van der Waals surface area contributed by atoms with Crippen molar-refractivity contribution in [3.8, 4) is 0 Å². The minimum atomic E-state index is -3.49. The number of fused-ring (bicyclic) bond motifs is 1. The summed E-state index contributed by atoms with van der Waals surface area (Å²) >= 11 is 1.38. The van der Waals surface area contributed by atoms with E-state index >= 15 is 0 Å². The summed E-state index contributed by atoms with van der Waals surface area (Å²) in [5, 5.41) is 3.78. The molecule has 0 aliphatic carbocycles. The van der Waals surface area contributed by atoms with Gasteiger partial charge in [0.2, 0.25) is 10.0 Å². The largest absolute Gasteiger partial charge is 0.321 e. The molecule has 1 heterocycles. The molecule has 0 radical (unpaired) electrons. The van der Waals surface area contributed by atoms with Crippen molar-refractivity contribution in [2.75, 3.05) is 15.9 Å². The van der Waals surface area contributed by atoms with Gasteiger partial charge in [-0.1, -0.05) is 48.0 Å². The van der Waals surface area contributed by atoms with Gasteiger partial charge in [0.25, 0.3) is 5.91 Å². The summed E-state index contributed by atoms with van der Waals surface area (Å²) in [6, 6.07) is 22.7. The summed E-state index contributed by atoms with van der Waals surface area (Å²) in [5.41, 5.74) is 4.37. The molecule has 0 aliphatic heterocycles. The van der Waals surface area contributed by atoms with Gasteiger partial charge in [-0.25, -0.2) is 8.42 Å². The molecule has 0 unspecified atom stereocenters. The van der Waals surface area contributed by atoms with E-state index in [0.29, 0.717) is 10.6 Å². The van der Waals surface area contributed by atoms with Crippen LogP contribution >= 0.6 is 11.3 Å². The third-order valence-corrected chi connectivity index (χ3v) is 7.51. The van der Waals surface area contributed by atoms with E-state index in [9.17, 15) is 13.2 Å². The molecule has 0 aliphatic rings. The summed E-state index contributed by atoms with van der Waals surface area (Å²) in [6.07, 6.45) is 1.21. The molecule has 7 heteroatoms. The summed E-state index contributed by atoms with van der Waals surface area (Å²) in [7, 11) is -3.49. The van der Waals surface area contributed by atoms with Crippen LogP contribution in [0.2, 0.25) is 0 Å². The number of hydrogen-bond acceptors (Lipinski definition) is 4. The molecule has 1 N–H and O–H groups in total. The quantitative estimate of drug-likeness (QED) is 0.396. The third kappa shape index (κ3) is 4.84. The molecule has 0 spiro atoms. The molecule has 0 saturated carbocycles. The van der Waals surface area contributed by atoms with Gasteiger partial charge in [0.15, 0.2) is 0 Å². The van der Waals surface area contributed by atoms with E-state index in [1.165, 1.54) is 21.9 Å². The highest BCUT2D eigenvalue weighted by molar-refractivity contribution is 7.92. The van der Waals surface area contributed by atoms with Crippen LogP contribution < -0.4 is 9.62 Å². The highest BCUT2D eigenvalue weighted by Gasteiger charge is 2.19. The van der Waals surface area contributed by atoms with Gasteiger partial charge in [-0.2, -0.15) is 0 Å². The first-order valence-corrected chi connectivity index (χ1v) is 12.8. The smallest absolute Gasteiger partial charge is 0.265 e. The lowest BCUT2D eigenvalue weighted by atomic mass is 10.1. The van der Waals surface area contributed by atoms with Gasteiger partial charge in [0, 0.05) is 10.4 Å². The zero-order chi connectivity index (χ0) is 22.9. The fourth-order valence-corrected chi connectivity index (χ4v) is 5.27. The van der Waals surface area contributed by atoms with Crippen molar-refractivity contribution in [1.82, 2.24) is 0 Å². The number of benzene rings is 3. The molecule has 1 aromatic heterocycles. The molecule has 32 heavy (non-hydrogen) atoms. The van der Waals surface area contributed by atoms with Gasteiger partial charge in [-0.05, 0) is 60.7 Å². The van der Waals surface area contributed by atoms with Crippen LogP contribution in [0.15, 0.2) is 72.8 Å². The van der Waals surface area contributed by atoms with Crippen LogP contribution in [0.3, 0.4) is 0 Å². The maximum Gasteiger partial charge on any atom is 0.265 e. The van der Waals surface area contributed by atoms with E-state index in [-0.39, 0.29) is 12.5 Å². The first-order valence-electron chi connectivity index (χ1n) is 10.1. The molecule has 0 bridgehead atoms. The standard InChI is InChI=1S/C25H24N2O3S2/c1-17-8-10-19(11-9-17)16-27(32(3,29)30)21-12-13-23-20(14-21)15-24(31-23)25(28)26-22-7-5-4-6-18(22)2/h4-15H,16H2,1-3H3,(H,26,28). The Morgan fingerprint density at radius 1 is 0.969 bits per heavy atom. The number of nitrogens with one attached hydrogen (secondary N) is 1. The summed E-state index contributed by atoms with van der Waals surface area (Å²) in [6.45, 7) is 4.19. The monoisotopic (exact) mass is 464 g/mol. The van der Waals surface area contributed by atoms with Crippen LogP contribution in [-0.4, -0.2) is 20.6 Å². The third-order valence-electron chi connectivity index (χ3n) is 5.25. The second kappa shape index (κ2) is 8.76. The van der Waals surface area contributed by atoms with Crippen molar-refractivity contribution >= 4 is 48.7 Å². The summed E-state index contributed by atoms with van der Waals surface area (Å²) in [4.78, 5) is 13.3. The normalized spacial score (nSPS) is 11.5. The Labute approximate surface area is 192 Å². The molecule has 5 nitrogen and oxygen atoms in total. The molecule has 0 fully saturated rings. The Kier molecular flexibility index (Phi) is 6.04. The SMILES string of the molecule is Cc1ccc(CN(c2ccc3sc(C(=O)Nc4ccccc4C)cc3c2)S(C)(=O)=O)cc1. The van der Waals surface area contributed by atoms with E-state index in [2.05, 4.69) is 5.32 Å². The first kappa shape index (κ1) is 22.0. The number of amides is 1. The minimum Gasteiger partial charge on any atom is -0.321 e. The molecule has 164 valence electrons. The van der Waals surface area contributed by atoms with Gasteiger partial charge in [-0.15, -0.1) is 11.3 Å². The number of aryl methyl sites for hydroxylation is 2. The Morgan fingerprint density at radius 2 is 1.69 bits per heavy atom. The number of para-hydroxylation sites is 1. The summed E-state index contributed by atoms with van der Waals surface area (Å²) < 4.78 is 27.4. The Balaban J connectivity index is 1.64. The van der Waals surface area contributed by atoms with E-state index in [1.54, 1.807) is 6.07 Å². The lowest BCUT2D eigenvalue weighted by Crippen LogP contribution is -2.29. The second-order valence-corrected chi connectivity index (χ2v) is 10.8. The van der Waals surface area contributed by atoms with Crippen molar-refractivity contribution in [1.29, 1.82) is 0 Å². The van der Waals surface area contributed by atoms with Gasteiger partial charge in [0.1, 0.15) is 0 Å². The maximum absolute atomic E-state index is 12.8. The number of anilines is 2. The number of rotatable bonds is 6. The van der Waals surface area contributed by atoms with E-state index < -0.39 is 10.0 Å². The van der Waals surface area contributed by atoms with E-state index in [0.717, 1.165) is 32.5 Å². The zero-order valence-corrected chi connectivity index (χ0v) is 19.8. The Morgan fingerprint density at radius 3 is 2.38 bits per heavy atom. The zero-order valence-electron chi connectivity index (χ0n) is 18.1. The lowest BCUT2D eigenvalue weighted by Gasteiger charge is -2.22. The van der Waals surface area contributed by atoms with Gasteiger partial charge >= 0.3 is 0 Å². The minimum absolute atomic E-state index is 0.179. The number of sulfonamides is 1. The molecule has 0 saturated heterocycles. The Hall–Kier alpha value is -3.16. The van der Waals surface area contributed by atoms with Crippen LogP contribution in [0.1, 0.15) is 26.4 Å². The number of nitrogens with zero attached hydrogens (tertiary/aromatic N) is 1. The molecular weight excluding hydrogens is 440 g/mol. The van der Waals surface area contributed by atoms with Crippen molar-refractivity contribution in [2.45, 2.75) is 20.4 Å². The number of carbonyl (C=O) groups is 1. The molecule has 0 atom stereocenters. The van der Waals surface area contributed by atoms with E-state index in [1.807, 2.05) is 80.6 Å². The second-order valence-electron chi connectivity index (χ2n) is 7.86. The lowest BCUT2D eigenvalue weighted by molar-refractivity contribution is 0.103. The van der Waals surface area contributed by atoms with Gasteiger partial charge < -0.3 is 5.32 Å². The number of thiophene rings is 1. The van der Waals surface area contributed by atoms with Gasteiger partial charge in [0.05, 0.1) is 23.4 Å². The van der Waals surface area contributed by atoms with Crippen molar-refractivity contribution in [2.24, 2.45) is 0 Å². The average molecular weight is 465 g/mol. The topological polar surface area (TPSA) is 66.5 Å². The highest BCUT2D eigenvalue weighted by Crippen LogP contribution is 2.31. The number of hydrogen-bond donors (Lipinski definition) is 1. The fourth-order valence-electron chi connectivity index (χ4n) is 3.45. The molecule has 4 rings (SSSR count). The predicted octanol–water partition coefficient (Wildman–Crippen LogP) is 5.74. The van der Waals surface area contributed by atoms with Crippen molar-refractivity contribution in [3.63, 3.8) is 0 Å².